The van der Waals surface area contributed by atoms with Crippen molar-refractivity contribution in [3.63, 3.8) is 0 Å². The fraction of sp³-hybridized carbons (Fsp3) is 0.250. The van der Waals surface area contributed by atoms with E-state index < -0.39 is 5.91 Å². The third-order valence-electron chi connectivity index (χ3n) is 5.73. The number of hydrogen-bond acceptors (Lipinski definition) is 11. The lowest BCUT2D eigenvalue weighted by Crippen LogP contribution is -2.37. The summed E-state index contributed by atoms with van der Waals surface area (Å²) in [6.45, 7) is 3.35. The van der Waals surface area contributed by atoms with Gasteiger partial charge in [0.1, 0.15) is 12.4 Å². The number of ether oxygens (including phenoxy) is 2. The Kier molecular flexibility index (Phi) is 7.87. The Hall–Kier alpha value is -4.33. The summed E-state index contributed by atoms with van der Waals surface area (Å²) in [6.07, 6.45) is 1.52. The van der Waals surface area contributed by atoms with E-state index in [0.717, 1.165) is 11.1 Å². The standard InChI is InChI=1S/C24H24ClN9O4/c25-18-5-1-17(2-6-18)15-37-19-7-3-16(4-8-19)13-27-29-24(35)21-20(14-33-9-11-36-12-10-33)34(32-28-21)23-22(26)30-38-31-23/h1-8,13H,9-12,14-15H2,(H2,26,30)(H,29,35)/b27-13+. The summed E-state index contributed by atoms with van der Waals surface area (Å²) in [5, 5.41) is 20.2. The van der Waals surface area contributed by atoms with Crippen molar-refractivity contribution in [3.8, 4) is 11.6 Å². The first-order valence-corrected chi connectivity index (χ1v) is 12.1. The minimum atomic E-state index is -0.534. The van der Waals surface area contributed by atoms with Gasteiger partial charge < -0.3 is 15.2 Å². The summed E-state index contributed by atoms with van der Waals surface area (Å²) in [7, 11) is 0. The van der Waals surface area contributed by atoms with Crippen molar-refractivity contribution in [2.75, 3.05) is 32.0 Å². The molecule has 1 fully saturated rings. The van der Waals surface area contributed by atoms with Gasteiger partial charge in [-0.2, -0.15) is 9.78 Å². The average Bonchev–Trinajstić information content (AvgIpc) is 3.55. The molecule has 1 saturated heterocycles. The van der Waals surface area contributed by atoms with Crippen LogP contribution in [0.4, 0.5) is 5.82 Å². The first-order valence-electron chi connectivity index (χ1n) is 11.7. The Balaban J connectivity index is 1.23. The molecule has 3 heterocycles. The second-order valence-corrected chi connectivity index (χ2v) is 8.78. The van der Waals surface area contributed by atoms with Gasteiger partial charge in [-0.15, -0.1) is 5.10 Å². The maximum Gasteiger partial charge on any atom is 0.293 e. The van der Waals surface area contributed by atoms with Crippen molar-refractivity contribution in [3.05, 3.63) is 76.1 Å². The molecule has 0 atom stereocenters. The molecular weight excluding hydrogens is 514 g/mol. The van der Waals surface area contributed by atoms with E-state index >= 15 is 0 Å². The lowest BCUT2D eigenvalue weighted by molar-refractivity contribution is 0.0332. The number of benzene rings is 2. The van der Waals surface area contributed by atoms with Crippen LogP contribution in [0, 0.1) is 0 Å². The van der Waals surface area contributed by atoms with Gasteiger partial charge in [0.2, 0.25) is 11.6 Å². The first kappa shape index (κ1) is 25.3. The van der Waals surface area contributed by atoms with Crippen LogP contribution >= 0.6 is 11.6 Å². The van der Waals surface area contributed by atoms with Gasteiger partial charge in [0.05, 0.1) is 25.1 Å². The van der Waals surface area contributed by atoms with Crippen LogP contribution in [-0.4, -0.2) is 68.6 Å². The summed E-state index contributed by atoms with van der Waals surface area (Å²) in [5.74, 6) is 0.353. The number of hydrazone groups is 1. The number of aromatic nitrogens is 5. The van der Waals surface area contributed by atoms with E-state index in [4.69, 9.17) is 31.4 Å². The molecule has 196 valence electrons. The molecule has 5 rings (SSSR count). The van der Waals surface area contributed by atoms with Gasteiger partial charge in [-0.1, -0.05) is 28.9 Å². The normalized spacial score (nSPS) is 14.1. The van der Waals surface area contributed by atoms with Crippen molar-refractivity contribution in [2.24, 2.45) is 5.10 Å². The zero-order chi connectivity index (χ0) is 26.3. The molecule has 38 heavy (non-hydrogen) atoms. The quantitative estimate of drug-likeness (QED) is 0.239. The minimum Gasteiger partial charge on any atom is -0.489 e. The smallest absolute Gasteiger partial charge is 0.293 e. The van der Waals surface area contributed by atoms with E-state index in [9.17, 15) is 4.79 Å². The zero-order valence-electron chi connectivity index (χ0n) is 20.2. The molecule has 0 unspecified atom stereocenters. The molecule has 0 spiro atoms. The number of nitrogen functional groups attached to an aromatic ring is 1. The number of halogens is 1. The van der Waals surface area contributed by atoms with Crippen molar-refractivity contribution in [1.29, 1.82) is 0 Å². The fourth-order valence-electron chi connectivity index (χ4n) is 3.71. The topological polar surface area (TPSA) is 159 Å². The van der Waals surface area contributed by atoms with Gasteiger partial charge in [0.25, 0.3) is 5.91 Å². The summed E-state index contributed by atoms with van der Waals surface area (Å²) in [4.78, 5) is 15.1. The summed E-state index contributed by atoms with van der Waals surface area (Å²) in [5.41, 5.74) is 10.7. The molecule has 0 radical (unpaired) electrons. The third kappa shape index (κ3) is 6.14. The Morgan fingerprint density at radius 3 is 2.61 bits per heavy atom. The van der Waals surface area contributed by atoms with Gasteiger partial charge in [-0.3, -0.25) is 9.69 Å². The first-order chi connectivity index (χ1) is 18.6. The molecule has 1 aliphatic rings. The van der Waals surface area contributed by atoms with Crippen molar-refractivity contribution in [1.82, 2.24) is 35.6 Å². The number of nitrogens with one attached hydrogen (secondary N) is 1. The van der Waals surface area contributed by atoms with E-state index in [2.05, 4.69) is 36.1 Å². The highest BCUT2D eigenvalue weighted by Gasteiger charge is 2.26. The molecule has 1 aliphatic heterocycles. The average molecular weight is 538 g/mol. The molecule has 0 aliphatic carbocycles. The van der Waals surface area contributed by atoms with Crippen LogP contribution in [0.25, 0.3) is 5.82 Å². The van der Waals surface area contributed by atoms with Crippen LogP contribution in [0.1, 0.15) is 27.3 Å². The molecule has 3 N–H and O–H groups in total. The van der Waals surface area contributed by atoms with E-state index in [0.29, 0.717) is 55.9 Å². The number of carbonyl (C=O) groups excluding carboxylic acids is 1. The van der Waals surface area contributed by atoms with E-state index in [1.54, 1.807) is 0 Å². The molecule has 0 saturated carbocycles. The number of nitrogens with two attached hydrogens (primary N) is 1. The van der Waals surface area contributed by atoms with E-state index in [1.807, 2.05) is 48.5 Å². The molecule has 13 nitrogen and oxygen atoms in total. The van der Waals surface area contributed by atoms with Gasteiger partial charge in [0, 0.05) is 24.7 Å². The molecule has 0 bridgehead atoms. The molecular formula is C24H24ClN9O4. The van der Waals surface area contributed by atoms with Gasteiger partial charge in [-0.25, -0.2) is 10.1 Å². The summed E-state index contributed by atoms with van der Waals surface area (Å²) in [6, 6.07) is 14.8. The number of morpholine rings is 1. The second kappa shape index (κ2) is 11.8. The number of anilines is 1. The van der Waals surface area contributed by atoms with Crippen LogP contribution in [0.5, 0.6) is 5.75 Å². The van der Waals surface area contributed by atoms with E-state index in [-0.39, 0.29) is 17.3 Å². The second-order valence-electron chi connectivity index (χ2n) is 8.34. The number of hydrogen-bond donors (Lipinski definition) is 2. The van der Waals surface area contributed by atoms with Crippen molar-refractivity contribution < 1.29 is 18.9 Å². The van der Waals surface area contributed by atoms with E-state index in [1.165, 1.54) is 10.9 Å². The lowest BCUT2D eigenvalue weighted by Gasteiger charge is -2.26. The van der Waals surface area contributed by atoms with Crippen LogP contribution in [0.3, 0.4) is 0 Å². The van der Waals surface area contributed by atoms with Gasteiger partial charge >= 0.3 is 0 Å². The highest BCUT2D eigenvalue weighted by molar-refractivity contribution is 6.30. The number of amides is 1. The van der Waals surface area contributed by atoms with Crippen molar-refractivity contribution in [2.45, 2.75) is 13.2 Å². The van der Waals surface area contributed by atoms with Crippen molar-refractivity contribution >= 4 is 29.5 Å². The largest absolute Gasteiger partial charge is 0.489 e. The Bertz CT molecular complexity index is 1400. The predicted octanol–water partition coefficient (Wildman–Crippen LogP) is 2.06. The van der Waals surface area contributed by atoms with Crippen LogP contribution in [0.2, 0.25) is 5.02 Å². The molecule has 4 aromatic rings. The molecule has 2 aromatic carbocycles. The third-order valence-corrected chi connectivity index (χ3v) is 5.98. The molecule has 14 heteroatoms. The highest BCUT2D eigenvalue weighted by Crippen LogP contribution is 2.19. The number of nitrogens with zero attached hydrogens (tertiary/aromatic N) is 7. The van der Waals surface area contributed by atoms with Crippen LogP contribution in [-0.2, 0) is 17.9 Å². The summed E-state index contributed by atoms with van der Waals surface area (Å²) >= 11 is 5.91. The maximum absolute atomic E-state index is 13.0. The Morgan fingerprint density at radius 2 is 1.89 bits per heavy atom. The molecule has 1 amide bonds. The zero-order valence-corrected chi connectivity index (χ0v) is 20.9. The van der Waals surface area contributed by atoms with Crippen LogP contribution < -0.4 is 15.9 Å². The van der Waals surface area contributed by atoms with Gasteiger partial charge in [0.15, 0.2) is 5.69 Å². The minimum absolute atomic E-state index is 0.0312. The van der Waals surface area contributed by atoms with Crippen LogP contribution in [0.15, 0.2) is 58.3 Å². The Morgan fingerprint density at radius 1 is 1.13 bits per heavy atom. The maximum atomic E-state index is 13.0. The number of rotatable bonds is 9. The SMILES string of the molecule is Nc1nonc1-n1nnc(C(=O)N/N=C/c2ccc(OCc3ccc(Cl)cc3)cc2)c1CN1CCOCC1. The predicted molar refractivity (Wildman–Crippen MR) is 137 cm³/mol. The monoisotopic (exact) mass is 537 g/mol. The fourth-order valence-corrected chi connectivity index (χ4v) is 3.84. The molecule has 2 aromatic heterocycles. The highest BCUT2D eigenvalue weighted by atomic mass is 35.5. The Labute approximate surface area is 222 Å². The lowest BCUT2D eigenvalue weighted by atomic mass is 10.2. The number of carbonyl (C=O) groups is 1. The summed E-state index contributed by atoms with van der Waals surface area (Å²) < 4.78 is 17.2. The van der Waals surface area contributed by atoms with Gasteiger partial charge in [-0.05, 0) is 57.8 Å².